The molecule has 0 spiro atoms. The molecule has 10 aromatic rings. The topological polar surface area (TPSA) is 51.8 Å². The second kappa shape index (κ2) is 11.9. The van der Waals surface area contributed by atoms with Crippen molar-refractivity contribution < 1.29 is 4.42 Å². The minimum Gasteiger partial charge on any atom is -0.456 e. The van der Waals surface area contributed by atoms with Crippen molar-refractivity contribution in [3.63, 3.8) is 0 Å². The van der Waals surface area contributed by atoms with Crippen LogP contribution in [0.4, 0.5) is 0 Å². The SMILES string of the molecule is c1ccc(-c2nc(-c3ccc(-c4ccc5ccccc5c4)cc3)nc(-c3c(-c4ccc5ccccc5c4)ccc4oc5ccccc5c34)n2)cc1. The molecular weight excluding hydrogens is 623 g/mol. The van der Waals surface area contributed by atoms with E-state index in [0.717, 1.165) is 55.3 Å². The molecule has 8 aromatic carbocycles. The summed E-state index contributed by atoms with van der Waals surface area (Å²) in [5, 5.41) is 6.82. The third kappa shape index (κ3) is 5.13. The standard InChI is InChI=1S/C47H29N3O/c1-2-12-33(13-3-1)45-48-46(34-22-18-32(19-23-34)37-24-20-30-10-4-6-14-35(30)28-37)50-47(49-45)44-39(38-25-21-31-11-5-7-15-36(31)29-38)26-27-42-43(44)40-16-8-9-17-41(40)51-42/h1-29H. The highest BCUT2D eigenvalue weighted by Crippen LogP contribution is 2.43. The average Bonchev–Trinajstić information content (AvgIpc) is 3.59. The van der Waals surface area contributed by atoms with Crippen molar-refractivity contribution in [1.82, 2.24) is 15.0 Å². The van der Waals surface area contributed by atoms with Gasteiger partial charge in [0.1, 0.15) is 11.2 Å². The Morgan fingerprint density at radius 2 is 0.863 bits per heavy atom. The lowest BCUT2D eigenvalue weighted by molar-refractivity contribution is 0.669. The fourth-order valence-corrected chi connectivity index (χ4v) is 7.16. The molecule has 0 atom stereocenters. The molecule has 10 rings (SSSR count). The third-order valence-corrected chi connectivity index (χ3v) is 9.72. The molecule has 0 N–H and O–H groups in total. The Bertz CT molecular complexity index is 2910. The number of para-hydroxylation sites is 1. The van der Waals surface area contributed by atoms with Crippen LogP contribution in [0.1, 0.15) is 0 Å². The minimum atomic E-state index is 0.595. The van der Waals surface area contributed by atoms with Crippen LogP contribution >= 0.6 is 0 Å². The second-order valence-electron chi connectivity index (χ2n) is 12.8. The summed E-state index contributed by atoms with van der Waals surface area (Å²) in [5.41, 5.74) is 8.78. The molecule has 0 radical (unpaired) electrons. The van der Waals surface area contributed by atoms with Crippen molar-refractivity contribution in [3.8, 4) is 56.4 Å². The summed E-state index contributed by atoms with van der Waals surface area (Å²) in [6.45, 7) is 0. The quantitative estimate of drug-likeness (QED) is 0.186. The maximum absolute atomic E-state index is 6.42. The summed E-state index contributed by atoms with van der Waals surface area (Å²) >= 11 is 0. The number of rotatable bonds is 5. The second-order valence-corrected chi connectivity index (χ2v) is 12.8. The monoisotopic (exact) mass is 651 g/mol. The number of hydrogen-bond acceptors (Lipinski definition) is 4. The number of benzene rings is 8. The highest BCUT2D eigenvalue weighted by Gasteiger charge is 2.22. The van der Waals surface area contributed by atoms with E-state index in [9.17, 15) is 0 Å². The zero-order chi connectivity index (χ0) is 33.7. The van der Waals surface area contributed by atoms with Gasteiger partial charge in [0.2, 0.25) is 0 Å². The van der Waals surface area contributed by atoms with Gasteiger partial charge in [0.25, 0.3) is 0 Å². The van der Waals surface area contributed by atoms with Crippen LogP contribution in [-0.2, 0) is 0 Å². The number of hydrogen-bond donors (Lipinski definition) is 0. The highest BCUT2D eigenvalue weighted by molar-refractivity contribution is 6.15. The van der Waals surface area contributed by atoms with Crippen molar-refractivity contribution in [2.45, 2.75) is 0 Å². The number of aromatic nitrogens is 3. The van der Waals surface area contributed by atoms with Gasteiger partial charge < -0.3 is 4.42 Å². The maximum Gasteiger partial charge on any atom is 0.165 e. The molecule has 0 saturated heterocycles. The molecule has 2 heterocycles. The molecule has 51 heavy (non-hydrogen) atoms. The van der Waals surface area contributed by atoms with Crippen LogP contribution in [0.2, 0.25) is 0 Å². The molecular formula is C47H29N3O. The molecule has 4 nitrogen and oxygen atoms in total. The smallest absolute Gasteiger partial charge is 0.165 e. The fourth-order valence-electron chi connectivity index (χ4n) is 7.16. The van der Waals surface area contributed by atoms with Gasteiger partial charge in [0.15, 0.2) is 17.5 Å². The van der Waals surface area contributed by atoms with E-state index < -0.39 is 0 Å². The largest absolute Gasteiger partial charge is 0.456 e. The zero-order valence-corrected chi connectivity index (χ0v) is 27.5. The van der Waals surface area contributed by atoms with Gasteiger partial charge in [-0.2, -0.15) is 0 Å². The fraction of sp³-hybridized carbons (Fsp3) is 0. The van der Waals surface area contributed by atoms with Gasteiger partial charge in [-0.15, -0.1) is 0 Å². The molecule has 0 aliphatic rings. The predicted octanol–water partition coefficient (Wildman–Crippen LogP) is 12.4. The lowest BCUT2D eigenvalue weighted by atomic mass is 9.93. The van der Waals surface area contributed by atoms with Crippen LogP contribution in [-0.4, -0.2) is 15.0 Å². The summed E-state index contributed by atoms with van der Waals surface area (Å²) in [6.07, 6.45) is 0. The Morgan fingerprint density at radius 1 is 0.333 bits per heavy atom. The maximum atomic E-state index is 6.42. The van der Waals surface area contributed by atoms with Gasteiger partial charge in [-0.05, 0) is 74.1 Å². The molecule has 4 heteroatoms. The summed E-state index contributed by atoms with van der Waals surface area (Å²) in [5.74, 6) is 1.82. The Balaban J connectivity index is 1.20. The molecule has 0 fully saturated rings. The summed E-state index contributed by atoms with van der Waals surface area (Å²) in [6, 6.07) is 61.1. The van der Waals surface area contributed by atoms with Crippen LogP contribution in [0, 0.1) is 0 Å². The molecule has 0 bridgehead atoms. The Hall–Kier alpha value is -6.91. The van der Waals surface area contributed by atoms with E-state index in [2.05, 4.69) is 133 Å². The van der Waals surface area contributed by atoms with Crippen LogP contribution in [0.3, 0.4) is 0 Å². The van der Waals surface area contributed by atoms with Crippen molar-refractivity contribution in [1.29, 1.82) is 0 Å². The van der Waals surface area contributed by atoms with Crippen molar-refractivity contribution in [2.75, 3.05) is 0 Å². The average molecular weight is 652 g/mol. The first-order valence-electron chi connectivity index (χ1n) is 17.1. The summed E-state index contributed by atoms with van der Waals surface area (Å²) in [4.78, 5) is 15.5. The van der Waals surface area contributed by atoms with E-state index in [-0.39, 0.29) is 0 Å². The van der Waals surface area contributed by atoms with Gasteiger partial charge in [-0.25, -0.2) is 15.0 Å². The van der Waals surface area contributed by atoms with Crippen LogP contribution in [0.25, 0.3) is 99.9 Å². The lowest BCUT2D eigenvalue weighted by Crippen LogP contribution is -2.01. The van der Waals surface area contributed by atoms with Crippen LogP contribution < -0.4 is 0 Å². The van der Waals surface area contributed by atoms with E-state index >= 15 is 0 Å². The lowest BCUT2D eigenvalue weighted by Gasteiger charge is -2.14. The van der Waals surface area contributed by atoms with E-state index in [0.29, 0.717) is 17.5 Å². The van der Waals surface area contributed by atoms with Gasteiger partial charge in [0.05, 0.1) is 0 Å². The molecule has 2 aromatic heterocycles. The summed E-state index contributed by atoms with van der Waals surface area (Å²) < 4.78 is 6.42. The number of nitrogens with zero attached hydrogens (tertiary/aromatic N) is 3. The highest BCUT2D eigenvalue weighted by atomic mass is 16.3. The van der Waals surface area contributed by atoms with Crippen molar-refractivity contribution in [3.05, 3.63) is 176 Å². The molecule has 0 amide bonds. The molecule has 0 aliphatic carbocycles. The van der Waals surface area contributed by atoms with Crippen molar-refractivity contribution in [2.24, 2.45) is 0 Å². The van der Waals surface area contributed by atoms with E-state index in [1.807, 2.05) is 42.5 Å². The third-order valence-electron chi connectivity index (χ3n) is 9.72. The predicted molar refractivity (Wildman–Crippen MR) is 209 cm³/mol. The van der Waals surface area contributed by atoms with Gasteiger partial charge in [0, 0.05) is 27.5 Å². The first-order chi connectivity index (χ1) is 25.2. The van der Waals surface area contributed by atoms with Crippen LogP contribution in [0.5, 0.6) is 0 Å². The molecule has 0 saturated carbocycles. The van der Waals surface area contributed by atoms with Crippen LogP contribution in [0.15, 0.2) is 180 Å². The normalized spacial score (nSPS) is 11.5. The van der Waals surface area contributed by atoms with E-state index in [4.69, 9.17) is 19.4 Å². The number of furan rings is 1. The van der Waals surface area contributed by atoms with Gasteiger partial charge in [-0.3, -0.25) is 0 Å². The van der Waals surface area contributed by atoms with Gasteiger partial charge >= 0.3 is 0 Å². The Morgan fingerprint density at radius 3 is 1.59 bits per heavy atom. The molecule has 238 valence electrons. The summed E-state index contributed by atoms with van der Waals surface area (Å²) in [7, 11) is 0. The van der Waals surface area contributed by atoms with E-state index in [1.54, 1.807) is 0 Å². The van der Waals surface area contributed by atoms with E-state index in [1.165, 1.54) is 27.1 Å². The Kier molecular flexibility index (Phi) is 6.78. The molecule has 0 unspecified atom stereocenters. The Labute approximate surface area is 294 Å². The van der Waals surface area contributed by atoms with Crippen molar-refractivity contribution >= 4 is 43.5 Å². The number of fused-ring (bicyclic) bond motifs is 5. The van der Waals surface area contributed by atoms with Gasteiger partial charge in [-0.1, -0.05) is 146 Å². The minimum absolute atomic E-state index is 0.595. The molecule has 0 aliphatic heterocycles. The zero-order valence-electron chi connectivity index (χ0n) is 27.5. The first-order valence-corrected chi connectivity index (χ1v) is 17.1. The first kappa shape index (κ1) is 29.0.